The molecule has 0 spiro atoms. The van der Waals surface area contributed by atoms with E-state index in [1.54, 1.807) is 0 Å². The van der Waals surface area contributed by atoms with E-state index in [0.29, 0.717) is 23.4 Å². The molecule has 0 amide bonds. The van der Waals surface area contributed by atoms with Crippen molar-refractivity contribution in [3.8, 4) is 0 Å². The van der Waals surface area contributed by atoms with Gasteiger partial charge in [0, 0.05) is 37.6 Å². The molecule has 9 heteroatoms. The quantitative estimate of drug-likeness (QED) is 0.726. The Balaban J connectivity index is 1.21. The third-order valence-electron chi connectivity index (χ3n) is 7.20. The molecular formula is C22H29N5O3S. The third kappa shape index (κ3) is 3.55. The first-order valence-corrected chi connectivity index (χ1v) is 12.9. The highest BCUT2D eigenvalue weighted by molar-refractivity contribution is 7.85. The molecule has 2 aromatic heterocycles. The van der Waals surface area contributed by atoms with Crippen LogP contribution in [0.1, 0.15) is 67.5 Å². The Labute approximate surface area is 184 Å². The number of nitrogens with zero attached hydrogens (tertiary/aromatic N) is 4. The number of piperidine rings is 1. The van der Waals surface area contributed by atoms with Gasteiger partial charge in [-0.3, -0.25) is 4.21 Å². The maximum atomic E-state index is 12.5. The van der Waals surface area contributed by atoms with Crippen LogP contribution in [0.3, 0.4) is 0 Å². The van der Waals surface area contributed by atoms with Crippen molar-refractivity contribution in [2.75, 3.05) is 35.7 Å². The van der Waals surface area contributed by atoms with Gasteiger partial charge in [0.2, 0.25) is 5.95 Å². The molecule has 0 aromatic carbocycles. The van der Waals surface area contributed by atoms with E-state index < -0.39 is 10.8 Å². The second kappa shape index (κ2) is 7.55. The van der Waals surface area contributed by atoms with Crippen LogP contribution in [-0.4, -0.2) is 55.3 Å². The zero-order chi connectivity index (χ0) is 21.0. The zero-order valence-electron chi connectivity index (χ0n) is 17.7. The molecule has 1 saturated carbocycles. The minimum Gasteiger partial charge on any atom is -0.445 e. The monoisotopic (exact) mass is 443 g/mol. The van der Waals surface area contributed by atoms with Crippen LogP contribution in [0.5, 0.6) is 0 Å². The van der Waals surface area contributed by atoms with E-state index in [4.69, 9.17) is 19.4 Å². The molecular weight excluding hydrogens is 414 g/mol. The summed E-state index contributed by atoms with van der Waals surface area (Å²) in [5.74, 6) is 4.34. The van der Waals surface area contributed by atoms with Crippen molar-refractivity contribution in [3.63, 3.8) is 0 Å². The second-order valence-corrected chi connectivity index (χ2v) is 10.9. The maximum absolute atomic E-state index is 12.5. The van der Waals surface area contributed by atoms with E-state index >= 15 is 0 Å². The molecule has 4 aliphatic rings. The van der Waals surface area contributed by atoms with Crippen LogP contribution in [-0.2, 0) is 30.1 Å². The molecule has 8 nitrogen and oxygen atoms in total. The number of anilines is 2. The van der Waals surface area contributed by atoms with Gasteiger partial charge in [-0.1, -0.05) is 0 Å². The van der Waals surface area contributed by atoms with Gasteiger partial charge in [0.05, 0.1) is 34.3 Å². The number of aryl methyl sites for hydroxylation is 3. The highest BCUT2D eigenvalue weighted by Gasteiger charge is 2.44. The standard InChI is InChI=1S/C22H29N5O3S/c28-13-22(8-9-22)26-19-18-16(7-12-31(18)29)24-21(25-19)27-10-5-14(6-11-27)20-23-15-3-1-2-4-17(15)30-20/h14,28H,1-13H2,(H,24,25,26). The minimum absolute atomic E-state index is 0.0687. The molecule has 2 aliphatic heterocycles. The van der Waals surface area contributed by atoms with E-state index in [0.717, 1.165) is 80.3 Å². The van der Waals surface area contributed by atoms with E-state index in [-0.39, 0.29) is 12.1 Å². The van der Waals surface area contributed by atoms with Gasteiger partial charge in [0.25, 0.3) is 0 Å². The molecule has 1 saturated heterocycles. The Hall–Kier alpha value is -2.00. The minimum atomic E-state index is -1.07. The van der Waals surface area contributed by atoms with E-state index in [1.165, 1.54) is 18.5 Å². The largest absolute Gasteiger partial charge is 0.445 e. The smallest absolute Gasteiger partial charge is 0.227 e. The highest BCUT2D eigenvalue weighted by atomic mass is 32.2. The maximum Gasteiger partial charge on any atom is 0.227 e. The predicted molar refractivity (Wildman–Crippen MR) is 117 cm³/mol. The first-order chi connectivity index (χ1) is 15.1. The van der Waals surface area contributed by atoms with E-state index in [1.807, 2.05) is 0 Å². The molecule has 4 heterocycles. The van der Waals surface area contributed by atoms with Crippen molar-refractivity contribution < 1.29 is 13.7 Å². The normalized spacial score (nSPS) is 24.7. The number of aromatic nitrogens is 3. The number of aliphatic hydroxyl groups is 1. The first kappa shape index (κ1) is 19.7. The van der Waals surface area contributed by atoms with Gasteiger partial charge in [-0.2, -0.15) is 4.98 Å². The lowest BCUT2D eigenvalue weighted by Gasteiger charge is -2.31. The molecule has 2 N–H and O–H groups in total. The SMILES string of the molecule is O=S1CCc2nc(N3CCC(c4nc5c(o4)CCCC5)CC3)nc(NC3(CO)CC3)c21. The molecule has 0 bridgehead atoms. The number of rotatable bonds is 5. The summed E-state index contributed by atoms with van der Waals surface area (Å²) >= 11 is 0. The number of aliphatic hydroxyl groups excluding tert-OH is 1. The van der Waals surface area contributed by atoms with Crippen LogP contribution in [0, 0.1) is 0 Å². The molecule has 31 heavy (non-hydrogen) atoms. The summed E-state index contributed by atoms with van der Waals surface area (Å²) < 4.78 is 18.7. The Kier molecular flexibility index (Phi) is 4.79. The van der Waals surface area contributed by atoms with Gasteiger partial charge in [-0.15, -0.1) is 0 Å². The van der Waals surface area contributed by atoms with E-state index in [2.05, 4.69) is 10.2 Å². The molecule has 2 aromatic rings. The first-order valence-electron chi connectivity index (χ1n) is 11.6. The number of nitrogens with one attached hydrogen (secondary N) is 1. The Morgan fingerprint density at radius 3 is 2.65 bits per heavy atom. The average Bonchev–Trinajstić information content (AvgIpc) is 3.26. The number of hydrogen-bond acceptors (Lipinski definition) is 8. The Bertz CT molecular complexity index is 1000. The summed E-state index contributed by atoms with van der Waals surface area (Å²) in [6.45, 7) is 1.77. The van der Waals surface area contributed by atoms with Gasteiger partial charge in [0.1, 0.15) is 16.5 Å². The van der Waals surface area contributed by atoms with E-state index in [9.17, 15) is 9.32 Å². The number of oxazole rings is 1. The summed E-state index contributed by atoms with van der Waals surface area (Å²) in [6.07, 6.45) is 8.97. The van der Waals surface area contributed by atoms with Crippen molar-refractivity contribution in [1.29, 1.82) is 0 Å². The summed E-state index contributed by atoms with van der Waals surface area (Å²) in [5.41, 5.74) is 1.76. The van der Waals surface area contributed by atoms with Gasteiger partial charge in [0.15, 0.2) is 5.89 Å². The predicted octanol–water partition coefficient (Wildman–Crippen LogP) is 2.33. The van der Waals surface area contributed by atoms with Crippen molar-refractivity contribution in [2.45, 2.75) is 74.1 Å². The summed E-state index contributed by atoms with van der Waals surface area (Å²) in [6, 6.07) is 0. The molecule has 2 aliphatic carbocycles. The molecule has 6 rings (SSSR count). The molecule has 166 valence electrons. The molecule has 1 unspecified atom stereocenters. The van der Waals surface area contributed by atoms with Crippen molar-refractivity contribution in [2.24, 2.45) is 0 Å². The molecule has 1 atom stereocenters. The summed E-state index contributed by atoms with van der Waals surface area (Å²) in [7, 11) is -1.07. The van der Waals surface area contributed by atoms with Crippen LogP contribution in [0.4, 0.5) is 11.8 Å². The summed E-state index contributed by atoms with van der Waals surface area (Å²) in [4.78, 5) is 17.4. The summed E-state index contributed by atoms with van der Waals surface area (Å²) in [5, 5.41) is 13.1. The molecule has 2 fully saturated rings. The van der Waals surface area contributed by atoms with Crippen molar-refractivity contribution >= 4 is 22.6 Å². The highest BCUT2D eigenvalue weighted by Crippen LogP contribution is 2.41. The van der Waals surface area contributed by atoms with Gasteiger partial charge >= 0.3 is 0 Å². The van der Waals surface area contributed by atoms with Gasteiger partial charge in [-0.05, 0) is 44.9 Å². The average molecular weight is 444 g/mol. The van der Waals surface area contributed by atoms with Crippen LogP contribution in [0.2, 0.25) is 0 Å². The number of hydrogen-bond donors (Lipinski definition) is 2. The van der Waals surface area contributed by atoms with Crippen LogP contribution in [0.15, 0.2) is 9.31 Å². The zero-order valence-corrected chi connectivity index (χ0v) is 18.5. The lowest BCUT2D eigenvalue weighted by molar-refractivity contribution is 0.265. The van der Waals surface area contributed by atoms with Crippen LogP contribution < -0.4 is 10.2 Å². The Morgan fingerprint density at radius 2 is 1.90 bits per heavy atom. The van der Waals surface area contributed by atoms with Crippen LogP contribution >= 0.6 is 0 Å². The van der Waals surface area contributed by atoms with Crippen molar-refractivity contribution in [3.05, 3.63) is 23.0 Å². The van der Waals surface area contributed by atoms with Gasteiger partial charge in [-0.25, -0.2) is 9.97 Å². The lowest BCUT2D eigenvalue weighted by atomic mass is 9.97. The van der Waals surface area contributed by atoms with Crippen LogP contribution in [0.25, 0.3) is 0 Å². The second-order valence-electron chi connectivity index (χ2n) is 9.40. The Morgan fingerprint density at radius 1 is 1.10 bits per heavy atom. The fourth-order valence-corrected chi connectivity index (χ4v) is 6.31. The lowest BCUT2D eigenvalue weighted by Crippen LogP contribution is -2.35. The number of fused-ring (bicyclic) bond motifs is 2. The fraction of sp³-hybridized carbons (Fsp3) is 0.682. The topological polar surface area (TPSA) is 104 Å². The van der Waals surface area contributed by atoms with Crippen molar-refractivity contribution in [1.82, 2.24) is 15.0 Å². The molecule has 0 radical (unpaired) electrons. The fourth-order valence-electron chi connectivity index (χ4n) is 5.01. The third-order valence-corrected chi connectivity index (χ3v) is 8.66. The van der Waals surface area contributed by atoms with Gasteiger partial charge < -0.3 is 19.7 Å².